The topological polar surface area (TPSA) is 73.7 Å². The van der Waals surface area contributed by atoms with Crippen molar-refractivity contribution >= 4 is 27.1 Å². The largest absolute Gasteiger partial charge is 0.396 e. The third-order valence-corrected chi connectivity index (χ3v) is 7.32. The molecule has 3 heterocycles. The Morgan fingerprint density at radius 2 is 1.93 bits per heavy atom. The molecule has 0 radical (unpaired) electrons. The highest BCUT2D eigenvalue weighted by atomic mass is 35.5. The van der Waals surface area contributed by atoms with Gasteiger partial charge >= 0.3 is 0 Å². The number of aliphatic hydroxyl groups is 1. The molecule has 0 aromatic carbocycles. The summed E-state index contributed by atoms with van der Waals surface area (Å²) in [6, 6.07) is 1.85. The molecule has 27 heavy (non-hydrogen) atoms. The lowest BCUT2D eigenvalue weighted by Gasteiger charge is -2.39. The molecule has 0 spiro atoms. The van der Waals surface area contributed by atoms with E-state index in [1.165, 1.54) is 0 Å². The van der Waals surface area contributed by atoms with Gasteiger partial charge in [0.25, 0.3) is 0 Å². The van der Waals surface area contributed by atoms with Gasteiger partial charge < -0.3 is 10.0 Å². The summed E-state index contributed by atoms with van der Waals surface area (Å²) < 4.78 is 23.0. The second-order valence-electron chi connectivity index (χ2n) is 7.71. The van der Waals surface area contributed by atoms with Crippen LogP contribution >= 0.6 is 11.6 Å². The lowest BCUT2D eigenvalue weighted by atomic mass is 9.81. The van der Waals surface area contributed by atoms with E-state index < -0.39 is 9.84 Å². The lowest BCUT2D eigenvalue weighted by Crippen LogP contribution is -2.40. The highest BCUT2D eigenvalue weighted by Gasteiger charge is 2.30. The molecule has 2 saturated heterocycles. The van der Waals surface area contributed by atoms with Crippen LogP contribution in [0.15, 0.2) is 12.3 Å². The van der Waals surface area contributed by atoms with Crippen molar-refractivity contribution in [2.24, 2.45) is 5.41 Å². The number of anilines is 1. The first-order valence-electron chi connectivity index (χ1n) is 9.23. The Morgan fingerprint density at radius 3 is 2.56 bits per heavy atom. The quantitative estimate of drug-likeness (QED) is 0.599. The minimum absolute atomic E-state index is 0.0201. The van der Waals surface area contributed by atoms with Crippen molar-refractivity contribution in [2.75, 3.05) is 55.7 Å². The van der Waals surface area contributed by atoms with E-state index in [0.29, 0.717) is 24.8 Å². The second kappa shape index (κ2) is 8.36. The number of aliphatic hydroxyl groups excluding tert-OH is 1. The van der Waals surface area contributed by atoms with Crippen LogP contribution in [0.4, 0.5) is 5.69 Å². The summed E-state index contributed by atoms with van der Waals surface area (Å²) in [6.45, 7) is 5.62. The second-order valence-corrected chi connectivity index (χ2v) is 10.4. The zero-order chi connectivity index (χ0) is 19.5. The molecule has 0 amide bonds. The summed E-state index contributed by atoms with van der Waals surface area (Å²) in [7, 11) is -2.87. The van der Waals surface area contributed by atoms with Crippen LogP contribution in [0.25, 0.3) is 0 Å². The molecule has 0 bridgehead atoms. The fourth-order valence-corrected chi connectivity index (χ4v) is 4.81. The zero-order valence-corrected chi connectivity index (χ0v) is 17.2. The van der Waals surface area contributed by atoms with Crippen molar-refractivity contribution in [2.45, 2.75) is 19.8 Å². The minimum Gasteiger partial charge on any atom is -0.396 e. The Kier molecular flexibility index (Phi) is 6.32. The first-order chi connectivity index (χ1) is 12.8. The Labute approximate surface area is 166 Å². The Bertz CT molecular complexity index is 825. The molecule has 3 rings (SSSR count). The average Bonchev–Trinajstić information content (AvgIpc) is 2.65. The SMILES string of the molecule is CC1(CO)CCN(c2cc(Cl)ncc2C#CCN2CCS(=O)(=O)CC2)CC1. The molecule has 2 aliphatic heterocycles. The Balaban J connectivity index is 1.69. The summed E-state index contributed by atoms with van der Waals surface area (Å²) >= 11 is 6.11. The van der Waals surface area contributed by atoms with Crippen LogP contribution in [0.2, 0.25) is 5.15 Å². The fourth-order valence-electron chi connectivity index (χ4n) is 3.38. The van der Waals surface area contributed by atoms with Gasteiger partial charge in [0, 0.05) is 45.0 Å². The molecule has 1 aromatic heterocycles. The maximum absolute atomic E-state index is 11.5. The van der Waals surface area contributed by atoms with Gasteiger partial charge in [-0.1, -0.05) is 30.4 Å². The van der Waals surface area contributed by atoms with Crippen LogP contribution in [-0.4, -0.2) is 74.2 Å². The standard InChI is InChI=1S/C19H26ClN3O3S/c1-19(15-24)4-7-23(8-5-19)17-13-18(20)21-14-16(17)3-2-6-22-9-11-27(25,26)12-10-22/h13-14,24H,4-12,15H2,1H3. The van der Waals surface area contributed by atoms with Gasteiger partial charge in [0.15, 0.2) is 9.84 Å². The summed E-state index contributed by atoms with van der Waals surface area (Å²) in [4.78, 5) is 8.48. The van der Waals surface area contributed by atoms with Crippen molar-refractivity contribution in [3.05, 3.63) is 23.0 Å². The molecule has 0 atom stereocenters. The van der Waals surface area contributed by atoms with Gasteiger partial charge in [0.05, 0.1) is 29.3 Å². The highest BCUT2D eigenvalue weighted by molar-refractivity contribution is 7.91. The molecule has 0 unspecified atom stereocenters. The first-order valence-corrected chi connectivity index (χ1v) is 11.4. The molecular formula is C19H26ClN3O3S. The van der Waals surface area contributed by atoms with Crippen molar-refractivity contribution in [1.29, 1.82) is 0 Å². The average molecular weight is 412 g/mol. The first kappa shape index (κ1) is 20.4. The van der Waals surface area contributed by atoms with Crippen molar-refractivity contribution in [1.82, 2.24) is 9.88 Å². The molecule has 0 saturated carbocycles. The number of halogens is 1. The zero-order valence-electron chi connectivity index (χ0n) is 15.6. The maximum Gasteiger partial charge on any atom is 0.152 e. The normalized spacial score (nSPS) is 22.1. The predicted octanol–water partition coefficient (Wildman–Crippen LogP) is 1.42. The van der Waals surface area contributed by atoms with Crippen LogP contribution < -0.4 is 4.90 Å². The van der Waals surface area contributed by atoms with E-state index in [1.807, 2.05) is 6.07 Å². The van der Waals surface area contributed by atoms with Gasteiger partial charge in [-0.15, -0.1) is 0 Å². The Hall–Kier alpha value is -1.33. The highest BCUT2D eigenvalue weighted by Crippen LogP contribution is 2.34. The van der Waals surface area contributed by atoms with E-state index >= 15 is 0 Å². The molecule has 2 fully saturated rings. The minimum atomic E-state index is -2.87. The number of piperidine rings is 1. The van der Waals surface area contributed by atoms with Crippen LogP contribution in [0.3, 0.4) is 0 Å². The van der Waals surface area contributed by atoms with E-state index in [-0.39, 0.29) is 23.5 Å². The van der Waals surface area contributed by atoms with Gasteiger partial charge in [-0.05, 0) is 18.3 Å². The molecule has 8 heteroatoms. The maximum atomic E-state index is 11.5. The monoisotopic (exact) mass is 411 g/mol. The van der Waals surface area contributed by atoms with Crippen molar-refractivity contribution < 1.29 is 13.5 Å². The predicted molar refractivity (Wildman–Crippen MR) is 108 cm³/mol. The third kappa shape index (κ3) is 5.35. The van der Waals surface area contributed by atoms with Gasteiger partial charge in [-0.2, -0.15) is 0 Å². The fraction of sp³-hybridized carbons (Fsp3) is 0.632. The van der Waals surface area contributed by atoms with Crippen LogP contribution in [0, 0.1) is 17.3 Å². The third-order valence-electron chi connectivity index (χ3n) is 5.50. The lowest BCUT2D eigenvalue weighted by molar-refractivity contribution is 0.115. The van der Waals surface area contributed by atoms with Crippen molar-refractivity contribution in [3.63, 3.8) is 0 Å². The summed E-state index contributed by atoms with van der Waals surface area (Å²) in [5.74, 6) is 6.76. The number of aromatic nitrogens is 1. The number of rotatable bonds is 3. The van der Waals surface area contributed by atoms with Crippen LogP contribution in [-0.2, 0) is 9.84 Å². The Morgan fingerprint density at radius 1 is 1.26 bits per heavy atom. The van der Waals surface area contributed by atoms with Crippen LogP contribution in [0.1, 0.15) is 25.3 Å². The summed E-state index contributed by atoms with van der Waals surface area (Å²) in [5.41, 5.74) is 1.79. The van der Waals surface area contributed by atoms with Crippen LogP contribution in [0.5, 0.6) is 0 Å². The number of hydrogen-bond acceptors (Lipinski definition) is 6. The molecule has 6 nitrogen and oxygen atoms in total. The molecule has 148 valence electrons. The molecule has 1 aromatic rings. The summed E-state index contributed by atoms with van der Waals surface area (Å²) in [6.07, 6.45) is 3.53. The number of hydrogen-bond donors (Lipinski definition) is 1. The number of nitrogens with zero attached hydrogens (tertiary/aromatic N) is 3. The number of sulfone groups is 1. The molecular weight excluding hydrogens is 386 g/mol. The summed E-state index contributed by atoms with van der Waals surface area (Å²) in [5, 5.41) is 10.0. The van der Waals surface area contributed by atoms with Crippen molar-refractivity contribution in [3.8, 4) is 11.8 Å². The van der Waals surface area contributed by atoms with E-state index in [9.17, 15) is 13.5 Å². The van der Waals surface area contributed by atoms with Gasteiger partial charge in [0.2, 0.25) is 0 Å². The molecule has 1 N–H and O–H groups in total. The smallest absolute Gasteiger partial charge is 0.152 e. The van der Waals surface area contributed by atoms with E-state index in [4.69, 9.17) is 11.6 Å². The van der Waals surface area contributed by atoms with Gasteiger partial charge in [-0.25, -0.2) is 13.4 Å². The van der Waals surface area contributed by atoms with E-state index in [0.717, 1.165) is 37.2 Å². The molecule has 0 aliphatic carbocycles. The van der Waals surface area contributed by atoms with Gasteiger partial charge in [0.1, 0.15) is 5.15 Å². The van der Waals surface area contributed by atoms with E-state index in [2.05, 4.69) is 33.5 Å². The van der Waals surface area contributed by atoms with Gasteiger partial charge in [-0.3, -0.25) is 4.90 Å². The molecule has 2 aliphatic rings. The number of pyridine rings is 1. The van der Waals surface area contributed by atoms with E-state index in [1.54, 1.807) is 6.20 Å².